The summed E-state index contributed by atoms with van der Waals surface area (Å²) in [4.78, 5) is 24.7. The lowest BCUT2D eigenvalue weighted by molar-refractivity contribution is -0.121. The Kier molecular flexibility index (Phi) is 5.76. The number of ether oxygens (including phenoxy) is 2. The number of aliphatic hydroxyl groups is 1. The van der Waals surface area contributed by atoms with Crippen molar-refractivity contribution in [3.8, 4) is 5.75 Å². The predicted molar refractivity (Wildman–Crippen MR) is 105 cm³/mol. The quantitative estimate of drug-likeness (QED) is 0.732. The molecule has 0 fully saturated rings. The fourth-order valence-electron chi connectivity index (χ4n) is 3.45. The minimum Gasteiger partial charge on any atom is -0.487 e. The van der Waals surface area contributed by atoms with E-state index in [1.165, 1.54) is 7.11 Å². The molecule has 2 N–H and O–H groups in total. The smallest absolute Gasteiger partial charge is 0.340 e. The van der Waals surface area contributed by atoms with Crippen LogP contribution < -0.4 is 15.7 Å². The van der Waals surface area contributed by atoms with Crippen LogP contribution in [0.2, 0.25) is 0 Å². The summed E-state index contributed by atoms with van der Waals surface area (Å²) in [5.74, 6) is 0.386. The highest BCUT2D eigenvalue weighted by atomic mass is 16.5. The van der Waals surface area contributed by atoms with Crippen molar-refractivity contribution in [1.29, 1.82) is 0 Å². The molecule has 152 valence electrons. The Bertz CT molecular complexity index is 946. The number of fused-ring (bicyclic) bond motifs is 2. The third-order valence-corrected chi connectivity index (χ3v) is 5.08. The largest absolute Gasteiger partial charge is 0.487 e. The number of nitrogens with one attached hydrogen (secondary N) is 1. The molecule has 0 radical (unpaired) electrons. The van der Waals surface area contributed by atoms with Gasteiger partial charge in [0.05, 0.1) is 24.7 Å². The SMILES string of the molecule is COC[C@H](O)CNC(=O)Cc1c(C)c2cc3c(cc2oc1=O)OC(C)(C)CC3. The van der Waals surface area contributed by atoms with Gasteiger partial charge in [0.1, 0.15) is 16.9 Å². The lowest BCUT2D eigenvalue weighted by atomic mass is 9.92. The van der Waals surface area contributed by atoms with Crippen molar-refractivity contribution in [2.75, 3.05) is 20.3 Å². The van der Waals surface area contributed by atoms with Gasteiger partial charge in [0.2, 0.25) is 5.91 Å². The zero-order chi connectivity index (χ0) is 20.5. The molecule has 2 heterocycles. The minimum atomic E-state index is -0.793. The fourth-order valence-corrected chi connectivity index (χ4v) is 3.45. The number of aliphatic hydroxyl groups excluding tert-OH is 1. The van der Waals surface area contributed by atoms with E-state index in [0.717, 1.165) is 35.1 Å². The summed E-state index contributed by atoms with van der Waals surface area (Å²) in [5, 5.41) is 13.0. The first kappa shape index (κ1) is 20.4. The Labute approximate surface area is 163 Å². The van der Waals surface area contributed by atoms with E-state index in [4.69, 9.17) is 13.9 Å². The van der Waals surface area contributed by atoms with Gasteiger partial charge >= 0.3 is 5.63 Å². The number of aryl methyl sites for hydroxylation is 2. The van der Waals surface area contributed by atoms with Crippen LogP contribution in [-0.2, 0) is 22.4 Å². The molecular weight excluding hydrogens is 362 g/mol. The zero-order valence-electron chi connectivity index (χ0n) is 16.8. The monoisotopic (exact) mass is 389 g/mol. The molecule has 0 bridgehead atoms. The average Bonchev–Trinajstić information content (AvgIpc) is 2.62. The predicted octanol–water partition coefficient (Wildman–Crippen LogP) is 1.87. The van der Waals surface area contributed by atoms with Gasteiger partial charge in [0, 0.05) is 25.1 Å². The first-order chi connectivity index (χ1) is 13.2. The first-order valence-corrected chi connectivity index (χ1v) is 9.42. The molecule has 1 aliphatic heterocycles. The molecule has 7 nitrogen and oxygen atoms in total. The Morgan fingerprint density at radius 1 is 1.39 bits per heavy atom. The number of hydrogen-bond donors (Lipinski definition) is 2. The number of methoxy groups -OCH3 is 1. The highest BCUT2D eigenvalue weighted by Crippen LogP contribution is 2.36. The summed E-state index contributed by atoms with van der Waals surface area (Å²) in [6.07, 6.45) is 0.883. The van der Waals surface area contributed by atoms with Crippen LogP contribution in [0.1, 0.15) is 37.0 Å². The standard InChI is InChI=1S/C21H27NO6/c1-12-15-7-13-5-6-21(2,3)28-17(13)9-18(15)27-20(25)16(12)8-19(24)22-10-14(23)11-26-4/h7,9,14,23H,5-6,8,10-11H2,1-4H3,(H,22,24)/t14-/m1/s1. The maximum Gasteiger partial charge on any atom is 0.340 e. The maximum absolute atomic E-state index is 12.5. The van der Waals surface area contributed by atoms with E-state index < -0.39 is 11.7 Å². The summed E-state index contributed by atoms with van der Waals surface area (Å²) >= 11 is 0. The summed E-state index contributed by atoms with van der Waals surface area (Å²) in [5.41, 5.74) is 1.80. The summed E-state index contributed by atoms with van der Waals surface area (Å²) in [6, 6.07) is 3.76. The molecule has 0 aliphatic carbocycles. The number of carbonyl (C=O) groups excluding carboxylic acids is 1. The number of carbonyl (C=O) groups is 1. The lowest BCUT2D eigenvalue weighted by Gasteiger charge is -2.32. The zero-order valence-corrected chi connectivity index (χ0v) is 16.8. The maximum atomic E-state index is 12.5. The van der Waals surface area contributed by atoms with Crippen LogP contribution in [0.5, 0.6) is 5.75 Å². The average molecular weight is 389 g/mol. The van der Waals surface area contributed by atoms with E-state index in [2.05, 4.69) is 5.32 Å². The van der Waals surface area contributed by atoms with Crippen molar-refractivity contribution >= 4 is 16.9 Å². The summed E-state index contributed by atoms with van der Waals surface area (Å²) in [7, 11) is 1.47. The van der Waals surface area contributed by atoms with E-state index in [-0.39, 0.29) is 31.1 Å². The van der Waals surface area contributed by atoms with Crippen molar-refractivity contribution < 1.29 is 23.8 Å². The number of amides is 1. The molecule has 1 aromatic carbocycles. The van der Waals surface area contributed by atoms with Crippen molar-refractivity contribution in [2.45, 2.75) is 51.7 Å². The third kappa shape index (κ3) is 4.36. The topological polar surface area (TPSA) is 98.0 Å². The van der Waals surface area contributed by atoms with Gasteiger partial charge < -0.3 is 24.3 Å². The van der Waals surface area contributed by atoms with Gasteiger partial charge in [-0.3, -0.25) is 4.79 Å². The number of hydrogen-bond acceptors (Lipinski definition) is 6. The second-order valence-corrected chi connectivity index (χ2v) is 7.90. The molecule has 2 aromatic rings. The molecule has 7 heteroatoms. The first-order valence-electron chi connectivity index (χ1n) is 9.42. The molecule has 1 atom stereocenters. The Hall–Kier alpha value is -2.38. The van der Waals surface area contributed by atoms with E-state index in [9.17, 15) is 14.7 Å². The fraction of sp³-hybridized carbons (Fsp3) is 0.524. The molecule has 1 amide bonds. The van der Waals surface area contributed by atoms with Gasteiger partial charge in [-0.05, 0) is 50.8 Å². The van der Waals surface area contributed by atoms with E-state index in [1.807, 2.05) is 26.8 Å². The van der Waals surface area contributed by atoms with Gasteiger partial charge in [0.25, 0.3) is 0 Å². The molecule has 0 spiro atoms. The molecule has 0 saturated heterocycles. The minimum absolute atomic E-state index is 0.0608. The van der Waals surface area contributed by atoms with Crippen LogP contribution in [0.3, 0.4) is 0 Å². The van der Waals surface area contributed by atoms with Gasteiger partial charge in [0.15, 0.2) is 0 Å². The Morgan fingerprint density at radius 3 is 2.86 bits per heavy atom. The molecular formula is C21H27NO6. The van der Waals surface area contributed by atoms with Crippen LogP contribution in [0.25, 0.3) is 11.0 Å². The van der Waals surface area contributed by atoms with Gasteiger partial charge in [-0.25, -0.2) is 4.79 Å². The van der Waals surface area contributed by atoms with Crippen LogP contribution in [0.4, 0.5) is 0 Å². The Balaban J connectivity index is 1.86. The molecule has 1 aromatic heterocycles. The van der Waals surface area contributed by atoms with E-state index in [0.29, 0.717) is 11.1 Å². The number of rotatable bonds is 6. The number of benzene rings is 1. The summed E-state index contributed by atoms with van der Waals surface area (Å²) < 4.78 is 16.3. The van der Waals surface area contributed by atoms with Crippen molar-refractivity contribution in [1.82, 2.24) is 5.32 Å². The van der Waals surface area contributed by atoms with Crippen LogP contribution in [-0.4, -0.2) is 43.0 Å². The summed E-state index contributed by atoms with van der Waals surface area (Å²) in [6.45, 7) is 6.08. The van der Waals surface area contributed by atoms with Crippen LogP contribution >= 0.6 is 0 Å². The molecule has 0 unspecified atom stereocenters. The van der Waals surface area contributed by atoms with Crippen molar-refractivity contribution in [2.24, 2.45) is 0 Å². The van der Waals surface area contributed by atoms with Gasteiger partial charge in [-0.15, -0.1) is 0 Å². The van der Waals surface area contributed by atoms with Crippen LogP contribution in [0.15, 0.2) is 21.3 Å². The molecule has 3 rings (SSSR count). The third-order valence-electron chi connectivity index (χ3n) is 5.08. The highest BCUT2D eigenvalue weighted by Gasteiger charge is 2.27. The molecule has 0 saturated carbocycles. The van der Waals surface area contributed by atoms with Crippen molar-refractivity contribution in [3.63, 3.8) is 0 Å². The van der Waals surface area contributed by atoms with Gasteiger partial charge in [-0.1, -0.05) is 0 Å². The molecule has 28 heavy (non-hydrogen) atoms. The van der Waals surface area contributed by atoms with Crippen LogP contribution in [0, 0.1) is 6.92 Å². The normalized spacial score (nSPS) is 16.3. The van der Waals surface area contributed by atoms with Gasteiger partial charge in [-0.2, -0.15) is 0 Å². The second kappa shape index (κ2) is 7.93. The second-order valence-electron chi connectivity index (χ2n) is 7.90. The van der Waals surface area contributed by atoms with E-state index >= 15 is 0 Å². The lowest BCUT2D eigenvalue weighted by Crippen LogP contribution is -2.36. The molecule has 1 aliphatic rings. The van der Waals surface area contributed by atoms with E-state index in [1.54, 1.807) is 6.07 Å². The highest BCUT2D eigenvalue weighted by molar-refractivity contribution is 5.86. The van der Waals surface area contributed by atoms with Crippen molar-refractivity contribution in [3.05, 3.63) is 39.2 Å². The Morgan fingerprint density at radius 2 is 2.14 bits per heavy atom.